The van der Waals surface area contributed by atoms with Crippen LogP contribution in [-0.2, 0) is 0 Å². The second kappa shape index (κ2) is 4.33. The van der Waals surface area contributed by atoms with Crippen LogP contribution in [0.4, 0.5) is 5.82 Å². The molecule has 3 N–H and O–H groups in total. The molecule has 0 fully saturated rings. The summed E-state index contributed by atoms with van der Waals surface area (Å²) in [4.78, 5) is 4.37. The molecule has 3 aromatic rings. The quantitative estimate of drug-likeness (QED) is 0.720. The van der Waals surface area contributed by atoms with Crippen molar-refractivity contribution in [3.63, 3.8) is 0 Å². The zero-order valence-corrected chi connectivity index (χ0v) is 11.2. The number of phenols is 1. The van der Waals surface area contributed by atoms with Crippen LogP contribution in [0.2, 0.25) is 10.0 Å². The first kappa shape index (κ1) is 12.1. The van der Waals surface area contributed by atoms with Crippen molar-refractivity contribution in [3.05, 3.63) is 46.6 Å². The van der Waals surface area contributed by atoms with Gasteiger partial charge in [-0.1, -0.05) is 23.2 Å². The smallest absolute Gasteiger partial charge is 0.157 e. The molecule has 0 saturated heterocycles. The highest BCUT2D eigenvalue weighted by atomic mass is 35.5. The van der Waals surface area contributed by atoms with Crippen LogP contribution in [0.25, 0.3) is 16.9 Å². The van der Waals surface area contributed by atoms with Crippen molar-refractivity contribution in [1.29, 1.82) is 0 Å². The fraction of sp³-hybridized carbons (Fsp3) is 0. The largest absolute Gasteiger partial charge is 0.507 e. The number of nitrogens with two attached hydrogens (primary N) is 1. The fourth-order valence-corrected chi connectivity index (χ4v) is 2.33. The standard InChI is InChI=1S/C13H9Cl2N3O/c14-7-3-4-10(19)8(6-7)11-12(16)18-5-1-2-9(15)13(18)17-11/h1-6,19H,16H2. The predicted octanol–water partition coefficient (Wildman–Crippen LogP) is 3.60. The number of phenolic OH excluding ortho intramolecular Hbond substituents is 1. The molecule has 2 heterocycles. The molecule has 0 radical (unpaired) electrons. The average molecular weight is 294 g/mol. The molecule has 6 heteroatoms. The van der Waals surface area contributed by atoms with Gasteiger partial charge in [-0.05, 0) is 30.3 Å². The number of nitrogen functional groups attached to an aromatic ring is 1. The van der Waals surface area contributed by atoms with Gasteiger partial charge in [-0.25, -0.2) is 4.98 Å². The third kappa shape index (κ3) is 1.89. The molecule has 4 nitrogen and oxygen atoms in total. The van der Waals surface area contributed by atoms with Crippen molar-refractivity contribution < 1.29 is 5.11 Å². The number of rotatable bonds is 1. The summed E-state index contributed by atoms with van der Waals surface area (Å²) in [5, 5.41) is 10.9. The van der Waals surface area contributed by atoms with Gasteiger partial charge < -0.3 is 10.8 Å². The van der Waals surface area contributed by atoms with Crippen LogP contribution in [0.3, 0.4) is 0 Å². The van der Waals surface area contributed by atoms with Gasteiger partial charge in [0.1, 0.15) is 17.3 Å². The summed E-state index contributed by atoms with van der Waals surface area (Å²) >= 11 is 12.0. The number of imidazole rings is 1. The van der Waals surface area contributed by atoms with Crippen LogP contribution < -0.4 is 5.73 Å². The Hall–Kier alpha value is -1.91. The zero-order chi connectivity index (χ0) is 13.6. The van der Waals surface area contributed by atoms with Gasteiger partial charge in [-0.3, -0.25) is 4.40 Å². The summed E-state index contributed by atoms with van der Waals surface area (Å²) in [6, 6.07) is 8.21. The third-order valence-electron chi connectivity index (χ3n) is 2.85. The number of hydrogen-bond acceptors (Lipinski definition) is 3. The molecule has 0 saturated carbocycles. The van der Waals surface area contributed by atoms with Crippen LogP contribution in [0.5, 0.6) is 5.75 Å². The Morgan fingerprint density at radius 1 is 1.21 bits per heavy atom. The number of benzene rings is 1. The molecule has 0 aliphatic carbocycles. The molecule has 0 aliphatic heterocycles. The van der Waals surface area contributed by atoms with Crippen LogP contribution in [0.15, 0.2) is 36.5 Å². The predicted molar refractivity (Wildman–Crippen MR) is 76.7 cm³/mol. The fourth-order valence-electron chi connectivity index (χ4n) is 1.95. The first-order chi connectivity index (χ1) is 9.08. The van der Waals surface area contributed by atoms with Crippen molar-refractivity contribution in [3.8, 4) is 17.0 Å². The molecule has 1 aromatic carbocycles. The molecular weight excluding hydrogens is 285 g/mol. The zero-order valence-electron chi connectivity index (χ0n) is 9.64. The molecule has 0 atom stereocenters. The Morgan fingerprint density at radius 3 is 2.74 bits per heavy atom. The highest BCUT2D eigenvalue weighted by Gasteiger charge is 2.16. The maximum atomic E-state index is 9.91. The van der Waals surface area contributed by atoms with E-state index in [4.69, 9.17) is 28.9 Å². The number of pyridine rings is 1. The molecule has 0 unspecified atom stereocenters. The normalized spacial score (nSPS) is 11.1. The molecular formula is C13H9Cl2N3O. The minimum atomic E-state index is 0.0654. The maximum absolute atomic E-state index is 9.91. The van der Waals surface area contributed by atoms with E-state index in [2.05, 4.69) is 4.98 Å². The van der Waals surface area contributed by atoms with E-state index < -0.39 is 0 Å². The van der Waals surface area contributed by atoms with Gasteiger partial charge in [-0.2, -0.15) is 0 Å². The van der Waals surface area contributed by atoms with Crippen molar-refractivity contribution in [2.45, 2.75) is 0 Å². The van der Waals surface area contributed by atoms with E-state index in [9.17, 15) is 5.11 Å². The van der Waals surface area contributed by atoms with Crippen molar-refractivity contribution in [1.82, 2.24) is 9.38 Å². The second-order valence-electron chi connectivity index (χ2n) is 4.06. The van der Waals surface area contributed by atoms with Crippen molar-refractivity contribution in [2.24, 2.45) is 0 Å². The van der Waals surface area contributed by atoms with E-state index in [0.717, 1.165) is 0 Å². The molecule has 0 aliphatic rings. The molecule has 96 valence electrons. The SMILES string of the molecule is Nc1c(-c2cc(Cl)ccc2O)nc2c(Cl)cccn12. The number of fused-ring (bicyclic) bond motifs is 1. The van der Waals surface area contributed by atoms with E-state index >= 15 is 0 Å². The second-order valence-corrected chi connectivity index (χ2v) is 4.90. The van der Waals surface area contributed by atoms with Gasteiger partial charge in [0.15, 0.2) is 5.65 Å². The number of aromatic hydroxyl groups is 1. The van der Waals surface area contributed by atoms with Crippen molar-refractivity contribution in [2.75, 3.05) is 5.73 Å². The lowest BCUT2D eigenvalue weighted by Crippen LogP contribution is -1.94. The third-order valence-corrected chi connectivity index (χ3v) is 3.38. The number of aromatic nitrogens is 2. The lowest BCUT2D eigenvalue weighted by atomic mass is 10.1. The van der Waals surface area contributed by atoms with Gasteiger partial charge >= 0.3 is 0 Å². The van der Waals surface area contributed by atoms with E-state index in [-0.39, 0.29) is 5.75 Å². The molecule has 0 bridgehead atoms. The Balaban J connectivity index is 2.34. The van der Waals surface area contributed by atoms with Crippen molar-refractivity contribution >= 4 is 34.7 Å². The van der Waals surface area contributed by atoms with E-state index in [1.54, 1.807) is 34.9 Å². The van der Waals surface area contributed by atoms with E-state index in [0.29, 0.717) is 32.8 Å². The minimum absolute atomic E-state index is 0.0654. The number of nitrogens with zero attached hydrogens (tertiary/aromatic N) is 2. The van der Waals surface area contributed by atoms with Crippen LogP contribution in [0, 0.1) is 0 Å². The number of anilines is 1. The summed E-state index contributed by atoms with van der Waals surface area (Å²) in [5.41, 5.74) is 7.51. The van der Waals surface area contributed by atoms with Gasteiger partial charge in [0, 0.05) is 16.8 Å². The summed E-state index contributed by atoms with van der Waals surface area (Å²) in [5.74, 6) is 0.464. The highest BCUT2D eigenvalue weighted by Crippen LogP contribution is 2.35. The molecule has 0 spiro atoms. The van der Waals surface area contributed by atoms with Crippen LogP contribution in [0.1, 0.15) is 0 Å². The Morgan fingerprint density at radius 2 is 2.00 bits per heavy atom. The summed E-state index contributed by atoms with van der Waals surface area (Å²) < 4.78 is 1.66. The lowest BCUT2D eigenvalue weighted by Gasteiger charge is -2.03. The molecule has 2 aromatic heterocycles. The molecule has 0 amide bonds. The first-order valence-electron chi connectivity index (χ1n) is 5.49. The van der Waals surface area contributed by atoms with Gasteiger partial charge in [0.25, 0.3) is 0 Å². The lowest BCUT2D eigenvalue weighted by molar-refractivity contribution is 0.477. The minimum Gasteiger partial charge on any atom is -0.507 e. The van der Waals surface area contributed by atoms with Gasteiger partial charge in [0.05, 0.1) is 5.02 Å². The van der Waals surface area contributed by atoms with Crippen LogP contribution in [-0.4, -0.2) is 14.5 Å². The van der Waals surface area contributed by atoms with Gasteiger partial charge in [-0.15, -0.1) is 0 Å². The molecule has 19 heavy (non-hydrogen) atoms. The maximum Gasteiger partial charge on any atom is 0.157 e. The van der Waals surface area contributed by atoms with Gasteiger partial charge in [0.2, 0.25) is 0 Å². The Kier molecular flexibility index (Phi) is 2.77. The van der Waals surface area contributed by atoms with E-state index in [1.807, 2.05) is 0 Å². The monoisotopic (exact) mass is 293 g/mol. The summed E-state index contributed by atoms with van der Waals surface area (Å²) in [6.07, 6.45) is 1.76. The Labute approximate surface area is 119 Å². The number of halogens is 2. The number of hydrogen-bond donors (Lipinski definition) is 2. The summed E-state index contributed by atoms with van der Waals surface area (Å²) in [6.45, 7) is 0. The van der Waals surface area contributed by atoms with Crippen LogP contribution >= 0.6 is 23.2 Å². The first-order valence-corrected chi connectivity index (χ1v) is 6.24. The Bertz CT molecular complexity index is 783. The average Bonchev–Trinajstić information content (AvgIpc) is 2.72. The summed E-state index contributed by atoms with van der Waals surface area (Å²) in [7, 11) is 0. The highest BCUT2D eigenvalue weighted by molar-refractivity contribution is 6.33. The molecule has 3 rings (SSSR count). The topological polar surface area (TPSA) is 63.5 Å². The van der Waals surface area contributed by atoms with E-state index in [1.165, 1.54) is 6.07 Å².